The number of aromatic amines is 1. The molecule has 1 heterocycles. The first-order valence-corrected chi connectivity index (χ1v) is 8.70. The van der Waals surface area contributed by atoms with E-state index >= 15 is 0 Å². The summed E-state index contributed by atoms with van der Waals surface area (Å²) >= 11 is 5.24. The van der Waals surface area contributed by atoms with Gasteiger partial charge in [0.25, 0.3) is 0 Å². The van der Waals surface area contributed by atoms with E-state index in [1.165, 1.54) is 6.07 Å². The van der Waals surface area contributed by atoms with Gasteiger partial charge >= 0.3 is 0 Å². The van der Waals surface area contributed by atoms with Crippen LogP contribution >= 0.6 is 12.2 Å². The van der Waals surface area contributed by atoms with Crippen molar-refractivity contribution < 1.29 is 13.9 Å². The molecule has 2 N–H and O–H groups in total. The van der Waals surface area contributed by atoms with Crippen LogP contribution in [0.5, 0.6) is 5.75 Å². The molecule has 6 nitrogen and oxygen atoms in total. The molecule has 0 radical (unpaired) electrons. The molecule has 3 rings (SSSR count). The fourth-order valence-electron chi connectivity index (χ4n) is 2.57. The minimum atomic E-state index is -0.291. The van der Waals surface area contributed by atoms with Crippen LogP contribution in [-0.4, -0.2) is 27.8 Å². The molecule has 0 fully saturated rings. The highest BCUT2D eigenvalue weighted by Crippen LogP contribution is 2.20. The van der Waals surface area contributed by atoms with Gasteiger partial charge in [0.2, 0.25) is 5.91 Å². The average molecular weight is 386 g/mol. The second kappa shape index (κ2) is 8.13. The van der Waals surface area contributed by atoms with Crippen LogP contribution in [0.25, 0.3) is 11.4 Å². The lowest BCUT2D eigenvalue weighted by atomic mass is 10.1. The van der Waals surface area contributed by atoms with Crippen LogP contribution in [-0.2, 0) is 17.9 Å². The third-order valence-corrected chi connectivity index (χ3v) is 4.45. The fourth-order valence-corrected chi connectivity index (χ4v) is 2.77. The van der Waals surface area contributed by atoms with E-state index < -0.39 is 0 Å². The van der Waals surface area contributed by atoms with E-state index in [2.05, 4.69) is 15.5 Å². The van der Waals surface area contributed by atoms with E-state index in [0.717, 1.165) is 11.3 Å². The van der Waals surface area contributed by atoms with Crippen molar-refractivity contribution in [2.24, 2.45) is 0 Å². The summed E-state index contributed by atoms with van der Waals surface area (Å²) in [4.78, 5) is 12.3. The summed E-state index contributed by atoms with van der Waals surface area (Å²) in [5.41, 5.74) is 2.06. The van der Waals surface area contributed by atoms with Crippen molar-refractivity contribution in [2.75, 3.05) is 7.11 Å². The number of hydrogen-bond donors (Lipinski definition) is 2. The lowest BCUT2D eigenvalue weighted by Gasteiger charge is -2.09. The zero-order valence-corrected chi connectivity index (χ0v) is 15.8. The van der Waals surface area contributed by atoms with Crippen molar-refractivity contribution in [3.63, 3.8) is 0 Å². The van der Waals surface area contributed by atoms with Crippen molar-refractivity contribution >= 4 is 18.1 Å². The number of carbonyl (C=O) groups excluding carboxylic acids is 1. The number of rotatable bonds is 6. The van der Waals surface area contributed by atoms with Gasteiger partial charge in [-0.15, -0.1) is 0 Å². The monoisotopic (exact) mass is 386 g/mol. The summed E-state index contributed by atoms with van der Waals surface area (Å²) in [6.07, 6.45) is 0. The number of nitrogens with zero attached hydrogens (tertiary/aromatic N) is 2. The highest BCUT2D eigenvalue weighted by atomic mass is 32.1. The number of halogens is 1. The Balaban J connectivity index is 1.71. The van der Waals surface area contributed by atoms with Crippen LogP contribution in [0, 0.1) is 17.5 Å². The Labute approximate surface area is 161 Å². The number of carbonyl (C=O) groups is 1. The van der Waals surface area contributed by atoms with Gasteiger partial charge in [-0.25, -0.2) is 4.39 Å². The number of H-pyrrole nitrogens is 1. The summed E-state index contributed by atoms with van der Waals surface area (Å²) in [5.74, 6) is 0.741. The van der Waals surface area contributed by atoms with E-state index in [9.17, 15) is 9.18 Å². The molecule has 0 aliphatic heterocycles. The lowest BCUT2D eigenvalue weighted by molar-refractivity contribution is -0.121. The number of aryl methyl sites for hydroxylation is 1. The van der Waals surface area contributed by atoms with Gasteiger partial charge in [-0.3, -0.25) is 14.5 Å². The summed E-state index contributed by atoms with van der Waals surface area (Å²) in [5, 5.41) is 9.70. The first-order valence-electron chi connectivity index (χ1n) is 8.29. The highest BCUT2D eigenvalue weighted by Gasteiger charge is 2.12. The standard InChI is InChI=1S/C19H19FN4O2S/c1-12-3-4-13(9-16(12)20)10-21-17(25)11-24-18(22-23-19(24)27)14-5-7-15(26-2)8-6-14/h3-9H,10-11H2,1-2H3,(H,21,25)(H,23,27). The molecule has 0 atom stereocenters. The largest absolute Gasteiger partial charge is 0.497 e. The molecule has 0 aliphatic rings. The zero-order chi connectivity index (χ0) is 19.4. The Morgan fingerprint density at radius 2 is 2.04 bits per heavy atom. The van der Waals surface area contributed by atoms with Crippen LogP contribution in [0.4, 0.5) is 4.39 Å². The fraction of sp³-hybridized carbons (Fsp3) is 0.211. The van der Waals surface area contributed by atoms with Gasteiger partial charge in [0.1, 0.15) is 18.1 Å². The van der Waals surface area contributed by atoms with Crippen molar-refractivity contribution in [3.8, 4) is 17.1 Å². The van der Waals surface area contributed by atoms with Crippen molar-refractivity contribution in [1.29, 1.82) is 0 Å². The van der Waals surface area contributed by atoms with Gasteiger partial charge in [0, 0.05) is 12.1 Å². The number of nitrogens with one attached hydrogen (secondary N) is 2. The number of hydrogen-bond acceptors (Lipinski definition) is 4. The van der Waals surface area contributed by atoms with E-state index in [0.29, 0.717) is 21.7 Å². The smallest absolute Gasteiger partial charge is 0.240 e. The minimum absolute atomic E-state index is 0.00500. The van der Waals surface area contributed by atoms with E-state index in [1.807, 2.05) is 24.3 Å². The predicted octanol–water partition coefficient (Wildman–Crippen LogP) is 3.38. The Morgan fingerprint density at radius 1 is 1.30 bits per heavy atom. The molecule has 0 bridgehead atoms. The SMILES string of the molecule is COc1ccc(-c2n[nH]c(=S)n2CC(=O)NCc2ccc(C)c(F)c2)cc1. The van der Waals surface area contributed by atoms with Crippen molar-refractivity contribution in [2.45, 2.75) is 20.0 Å². The number of aromatic nitrogens is 3. The Hall–Kier alpha value is -3.00. The second-order valence-corrected chi connectivity index (χ2v) is 6.41. The van der Waals surface area contributed by atoms with Gasteiger partial charge in [0.05, 0.1) is 7.11 Å². The molecular weight excluding hydrogens is 367 g/mol. The molecule has 0 unspecified atom stereocenters. The van der Waals surface area contributed by atoms with E-state index in [4.69, 9.17) is 17.0 Å². The molecule has 0 saturated carbocycles. The summed E-state index contributed by atoms with van der Waals surface area (Å²) < 4.78 is 20.7. The van der Waals surface area contributed by atoms with Gasteiger partial charge in [-0.1, -0.05) is 12.1 Å². The van der Waals surface area contributed by atoms with Gasteiger partial charge < -0.3 is 10.1 Å². The Bertz CT molecular complexity index is 1010. The quantitative estimate of drug-likeness (QED) is 0.637. The molecule has 1 amide bonds. The first-order chi connectivity index (χ1) is 13.0. The van der Waals surface area contributed by atoms with Gasteiger partial charge in [-0.2, -0.15) is 5.10 Å². The number of ether oxygens (including phenoxy) is 1. The van der Waals surface area contributed by atoms with Gasteiger partial charge in [-0.05, 0) is 60.6 Å². The molecule has 8 heteroatoms. The number of methoxy groups -OCH3 is 1. The normalized spacial score (nSPS) is 10.6. The molecule has 1 aromatic heterocycles. The van der Waals surface area contributed by atoms with Crippen LogP contribution in [0.1, 0.15) is 11.1 Å². The van der Waals surface area contributed by atoms with Crippen molar-refractivity contribution in [3.05, 3.63) is 64.2 Å². The van der Waals surface area contributed by atoms with E-state index in [-0.39, 0.29) is 24.8 Å². The van der Waals surface area contributed by atoms with Crippen LogP contribution in [0.2, 0.25) is 0 Å². The minimum Gasteiger partial charge on any atom is -0.497 e. The summed E-state index contributed by atoms with van der Waals surface area (Å²) in [6.45, 7) is 1.93. The van der Waals surface area contributed by atoms with E-state index in [1.54, 1.807) is 30.7 Å². The van der Waals surface area contributed by atoms with Crippen LogP contribution in [0.3, 0.4) is 0 Å². The number of benzene rings is 2. The van der Waals surface area contributed by atoms with Gasteiger partial charge in [0.15, 0.2) is 10.6 Å². The molecule has 0 aliphatic carbocycles. The molecule has 2 aromatic carbocycles. The molecule has 0 spiro atoms. The topological polar surface area (TPSA) is 71.9 Å². The highest BCUT2D eigenvalue weighted by molar-refractivity contribution is 7.71. The third kappa shape index (κ3) is 4.40. The molecular formula is C19H19FN4O2S. The maximum absolute atomic E-state index is 13.6. The second-order valence-electron chi connectivity index (χ2n) is 6.03. The van der Waals surface area contributed by atoms with Crippen LogP contribution in [0.15, 0.2) is 42.5 Å². The maximum atomic E-state index is 13.6. The predicted molar refractivity (Wildman–Crippen MR) is 102 cm³/mol. The Morgan fingerprint density at radius 3 is 2.70 bits per heavy atom. The summed E-state index contributed by atoms with van der Waals surface area (Å²) in [6, 6.07) is 12.2. The maximum Gasteiger partial charge on any atom is 0.240 e. The lowest BCUT2D eigenvalue weighted by Crippen LogP contribution is -2.27. The summed E-state index contributed by atoms with van der Waals surface area (Å²) in [7, 11) is 1.59. The molecule has 27 heavy (non-hydrogen) atoms. The molecule has 3 aromatic rings. The van der Waals surface area contributed by atoms with Crippen molar-refractivity contribution in [1.82, 2.24) is 20.1 Å². The zero-order valence-electron chi connectivity index (χ0n) is 15.0. The first kappa shape index (κ1) is 18.8. The Kier molecular flexibility index (Phi) is 5.66. The van der Waals surface area contributed by atoms with Crippen LogP contribution < -0.4 is 10.1 Å². The number of amides is 1. The third-order valence-electron chi connectivity index (χ3n) is 4.13. The molecule has 140 valence electrons. The average Bonchev–Trinajstić information content (AvgIpc) is 3.03. The molecule has 0 saturated heterocycles.